The first-order valence-corrected chi connectivity index (χ1v) is 8.26. The van der Waals surface area contributed by atoms with Crippen molar-refractivity contribution in [2.24, 2.45) is 0 Å². The Bertz CT molecular complexity index is 443. The van der Waals surface area contributed by atoms with E-state index in [1.807, 2.05) is 24.3 Å². The Morgan fingerprint density at radius 3 is 2.74 bits per heavy atom. The highest BCUT2D eigenvalue weighted by molar-refractivity contribution is 9.10. The van der Waals surface area contributed by atoms with Gasteiger partial charge in [0.2, 0.25) is 0 Å². The summed E-state index contributed by atoms with van der Waals surface area (Å²) in [6, 6.07) is 8.08. The average molecular weight is 344 g/mol. The summed E-state index contributed by atoms with van der Waals surface area (Å²) >= 11 is 5.04. The van der Waals surface area contributed by atoms with Gasteiger partial charge in [0.15, 0.2) is 5.60 Å². The van der Waals surface area contributed by atoms with Gasteiger partial charge in [-0.2, -0.15) is 11.8 Å². The topological polar surface area (TPSA) is 40.5 Å². The molecule has 1 N–H and O–H groups in total. The number of carbonyl (C=O) groups excluding carboxylic acids is 1. The van der Waals surface area contributed by atoms with Gasteiger partial charge in [0.25, 0.3) is 5.91 Å². The van der Waals surface area contributed by atoms with Gasteiger partial charge in [0.05, 0.1) is 0 Å². The van der Waals surface area contributed by atoms with Crippen LogP contribution in [0.25, 0.3) is 0 Å². The minimum Gasteiger partial charge on any atom is -0.379 e. The van der Waals surface area contributed by atoms with Crippen LogP contribution in [-0.4, -0.2) is 46.6 Å². The van der Waals surface area contributed by atoms with Crippen molar-refractivity contribution in [2.45, 2.75) is 18.4 Å². The second-order valence-corrected chi connectivity index (χ2v) is 6.96. The van der Waals surface area contributed by atoms with Crippen LogP contribution in [0.5, 0.6) is 0 Å². The maximum atomic E-state index is 12.2. The molecule has 0 aromatic heterocycles. The summed E-state index contributed by atoms with van der Waals surface area (Å²) in [6.07, 6.45) is 1.37. The highest BCUT2D eigenvalue weighted by Gasteiger charge is 2.41. The van der Waals surface area contributed by atoms with Crippen molar-refractivity contribution >= 4 is 33.6 Å². The number of carbonyl (C=O) groups is 1. The second-order valence-electron chi connectivity index (χ2n) is 4.94. The van der Waals surface area contributed by atoms with E-state index in [2.05, 4.69) is 15.9 Å². The largest absolute Gasteiger partial charge is 0.379 e. The predicted octanol–water partition coefficient (Wildman–Crippen LogP) is 2.32. The fraction of sp³-hybridized carbons (Fsp3) is 0.500. The van der Waals surface area contributed by atoms with Crippen molar-refractivity contribution in [1.82, 2.24) is 4.90 Å². The fourth-order valence-corrected chi connectivity index (χ4v) is 3.62. The summed E-state index contributed by atoms with van der Waals surface area (Å²) in [4.78, 5) is 13.8. The summed E-state index contributed by atoms with van der Waals surface area (Å²) in [5.74, 6) is 1.24. The first-order valence-electron chi connectivity index (χ1n) is 6.31. The third-order valence-corrected chi connectivity index (χ3v) is 5.10. The van der Waals surface area contributed by atoms with Crippen LogP contribution in [0.3, 0.4) is 0 Å². The fourth-order valence-electron chi connectivity index (χ4n) is 2.13. The first kappa shape index (κ1) is 14.9. The molecule has 5 heteroatoms. The van der Waals surface area contributed by atoms with Crippen LogP contribution in [0.1, 0.15) is 12.0 Å². The Labute approximate surface area is 126 Å². The van der Waals surface area contributed by atoms with Crippen LogP contribution in [0, 0.1) is 0 Å². The molecule has 104 valence electrons. The van der Waals surface area contributed by atoms with Gasteiger partial charge in [0.1, 0.15) is 0 Å². The zero-order valence-corrected chi connectivity index (χ0v) is 13.3. The number of rotatable bonds is 4. The van der Waals surface area contributed by atoms with Crippen LogP contribution in [0.15, 0.2) is 28.7 Å². The van der Waals surface area contributed by atoms with Crippen molar-refractivity contribution in [3.63, 3.8) is 0 Å². The molecule has 1 aliphatic rings. The van der Waals surface area contributed by atoms with Gasteiger partial charge in [0, 0.05) is 23.8 Å². The summed E-state index contributed by atoms with van der Waals surface area (Å²) in [6.45, 7) is 0.632. The van der Waals surface area contributed by atoms with Crippen LogP contribution in [0.2, 0.25) is 0 Å². The molecule has 1 amide bonds. The van der Waals surface area contributed by atoms with Gasteiger partial charge in [-0.05, 0) is 36.3 Å². The SMILES string of the molecule is CN(CCc1ccc(Br)cc1)C(=O)C1(O)CCSC1. The number of amides is 1. The van der Waals surface area contributed by atoms with E-state index in [1.54, 1.807) is 23.7 Å². The molecule has 1 unspecified atom stereocenters. The summed E-state index contributed by atoms with van der Waals surface area (Å²) < 4.78 is 1.05. The second kappa shape index (κ2) is 6.29. The van der Waals surface area contributed by atoms with Gasteiger partial charge >= 0.3 is 0 Å². The number of nitrogens with zero attached hydrogens (tertiary/aromatic N) is 1. The van der Waals surface area contributed by atoms with Gasteiger partial charge in [-0.3, -0.25) is 4.79 Å². The molecule has 0 aliphatic carbocycles. The zero-order valence-electron chi connectivity index (χ0n) is 10.9. The van der Waals surface area contributed by atoms with E-state index in [0.29, 0.717) is 18.7 Å². The molecular weight excluding hydrogens is 326 g/mol. The Morgan fingerprint density at radius 1 is 1.47 bits per heavy atom. The monoisotopic (exact) mass is 343 g/mol. The van der Waals surface area contributed by atoms with Crippen molar-refractivity contribution in [1.29, 1.82) is 0 Å². The summed E-state index contributed by atoms with van der Waals surface area (Å²) in [5.41, 5.74) is 0.0507. The highest BCUT2D eigenvalue weighted by Crippen LogP contribution is 2.29. The number of benzene rings is 1. The third kappa shape index (κ3) is 3.74. The number of hydrogen-bond donors (Lipinski definition) is 1. The molecule has 1 aromatic rings. The smallest absolute Gasteiger partial charge is 0.255 e. The summed E-state index contributed by atoms with van der Waals surface area (Å²) in [7, 11) is 1.77. The molecule has 1 aliphatic heterocycles. The number of likely N-dealkylation sites (N-methyl/N-ethyl adjacent to an activating group) is 1. The maximum absolute atomic E-state index is 12.2. The van der Waals surface area contributed by atoms with E-state index in [0.717, 1.165) is 16.6 Å². The number of aliphatic hydroxyl groups is 1. The molecule has 1 saturated heterocycles. The number of halogens is 1. The molecule has 1 atom stereocenters. The van der Waals surface area contributed by atoms with E-state index < -0.39 is 5.60 Å². The van der Waals surface area contributed by atoms with E-state index >= 15 is 0 Å². The molecule has 1 aromatic carbocycles. The normalized spacial score (nSPS) is 22.5. The number of thioether (sulfide) groups is 1. The lowest BCUT2D eigenvalue weighted by Gasteiger charge is -2.27. The molecule has 2 rings (SSSR count). The van der Waals surface area contributed by atoms with Crippen LogP contribution < -0.4 is 0 Å². The molecular formula is C14H18BrNO2S. The average Bonchev–Trinajstić information content (AvgIpc) is 2.85. The first-order chi connectivity index (χ1) is 9.01. The predicted molar refractivity (Wildman–Crippen MR) is 82.4 cm³/mol. The maximum Gasteiger partial charge on any atom is 0.255 e. The van der Waals surface area contributed by atoms with Crippen LogP contribution in [-0.2, 0) is 11.2 Å². The Morgan fingerprint density at radius 2 is 2.16 bits per heavy atom. The standard InChI is InChI=1S/C14H18BrNO2S/c1-16(13(17)14(18)7-9-19-10-14)8-6-11-2-4-12(15)5-3-11/h2-5,18H,6-10H2,1H3. The molecule has 0 bridgehead atoms. The van der Waals surface area contributed by atoms with Crippen molar-refractivity contribution in [2.75, 3.05) is 25.1 Å². The summed E-state index contributed by atoms with van der Waals surface area (Å²) in [5, 5.41) is 10.2. The Kier molecular flexibility index (Phi) is 4.92. The van der Waals surface area contributed by atoms with Crippen molar-refractivity contribution in [3.8, 4) is 0 Å². The van der Waals surface area contributed by atoms with Gasteiger partial charge < -0.3 is 10.0 Å². The molecule has 0 radical (unpaired) electrons. The molecule has 3 nitrogen and oxygen atoms in total. The van der Waals surface area contributed by atoms with Gasteiger partial charge in [-0.15, -0.1) is 0 Å². The van der Waals surface area contributed by atoms with Crippen molar-refractivity contribution < 1.29 is 9.90 Å². The lowest BCUT2D eigenvalue weighted by molar-refractivity contribution is -0.147. The zero-order chi connectivity index (χ0) is 13.9. The molecule has 1 fully saturated rings. The molecule has 1 heterocycles. The lowest BCUT2D eigenvalue weighted by Crippen LogP contribution is -2.48. The van der Waals surface area contributed by atoms with E-state index in [1.165, 1.54) is 5.56 Å². The van der Waals surface area contributed by atoms with E-state index in [-0.39, 0.29) is 5.91 Å². The molecule has 0 saturated carbocycles. The van der Waals surface area contributed by atoms with E-state index in [4.69, 9.17) is 0 Å². The lowest BCUT2D eigenvalue weighted by atomic mass is 10.0. The van der Waals surface area contributed by atoms with Crippen LogP contribution in [0.4, 0.5) is 0 Å². The minimum atomic E-state index is -1.14. The van der Waals surface area contributed by atoms with Gasteiger partial charge in [-0.25, -0.2) is 0 Å². The Balaban J connectivity index is 1.88. The molecule has 19 heavy (non-hydrogen) atoms. The van der Waals surface area contributed by atoms with Crippen molar-refractivity contribution in [3.05, 3.63) is 34.3 Å². The highest BCUT2D eigenvalue weighted by atomic mass is 79.9. The quantitative estimate of drug-likeness (QED) is 0.911. The Hall–Kier alpha value is -0.520. The number of hydrogen-bond acceptors (Lipinski definition) is 3. The van der Waals surface area contributed by atoms with Gasteiger partial charge in [-0.1, -0.05) is 28.1 Å². The molecule has 0 spiro atoms. The third-order valence-electron chi connectivity index (χ3n) is 3.39. The minimum absolute atomic E-state index is 0.144. The van der Waals surface area contributed by atoms with E-state index in [9.17, 15) is 9.90 Å². The van der Waals surface area contributed by atoms with Crippen LogP contribution >= 0.6 is 27.7 Å².